The number of hydrogen-bond donors (Lipinski definition) is 2. The molecule has 3 aromatic heterocycles. The third-order valence-corrected chi connectivity index (χ3v) is 9.12. The lowest BCUT2D eigenvalue weighted by molar-refractivity contribution is 0.436. The molecule has 0 unspecified atom stereocenters. The van der Waals surface area contributed by atoms with Crippen LogP contribution < -0.4 is 9.64 Å². The quantitative estimate of drug-likeness (QED) is 0.169. The van der Waals surface area contributed by atoms with Crippen molar-refractivity contribution in [1.29, 1.82) is 0 Å². The van der Waals surface area contributed by atoms with E-state index in [2.05, 4.69) is 0 Å². The maximum absolute atomic E-state index is 12.1. The maximum atomic E-state index is 12.1. The van der Waals surface area contributed by atoms with E-state index in [0.717, 1.165) is 21.5 Å². The van der Waals surface area contributed by atoms with Crippen LogP contribution >= 0.6 is 0 Å². The summed E-state index contributed by atoms with van der Waals surface area (Å²) in [7, 11) is -8.96. The molecule has 0 bridgehead atoms. The summed E-state index contributed by atoms with van der Waals surface area (Å²) in [6.07, 6.45) is 3.10. The summed E-state index contributed by atoms with van der Waals surface area (Å²) in [5.74, 6) is -0.899. The molecule has 46 heavy (non-hydrogen) atoms. The molecule has 0 fully saturated rings. The molecule has 0 spiro atoms. The Hall–Kier alpha value is -5.08. The highest BCUT2D eigenvalue weighted by molar-refractivity contribution is 7.85. The Morgan fingerprint density at radius 1 is 0.717 bits per heavy atom. The molecule has 13 heteroatoms. The molecule has 0 saturated carbocycles. The first-order chi connectivity index (χ1) is 21.9. The predicted octanol–water partition coefficient (Wildman–Crippen LogP) is 7.61. The fraction of sp³-hybridized carbons (Fsp3) is 0.0909. The van der Waals surface area contributed by atoms with Crippen LogP contribution in [0.5, 0.6) is 5.75 Å². The van der Waals surface area contributed by atoms with E-state index in [0.29, 0.717) is 50.3 Å². The smallest absolute Gasteiger partial charge is 0.283 e. The second-order valence-corrected chi connectivity index (χ2v) is 14.0. The van der Waals surface area contributed by atoms with Crippen LogP contribution in [-0.4, -0.2) is 31.8 Å². The average Bonchev–Trinajstić information content (AvgIpc) is 3.70. The van der Waals surface area contributed by atoms with Gasteiger partial charge in [0.05, 0.1) is 5.69 Å². The van der Waals surface area contributed by atoms with Gasteiger partial charge in [0, 0.05) is 44.6 Å². The van der Waals surface area contributed by atoms with Crippen molar-refractivity contribution in [1.82, 2.24) is 0 Å². The van der Waals surface area contributed by atoms with Crippen molar-refractivity contribution in [2.45, 2.75) is 12.7 Å². The van der Waals surface area contributed by atoms with Gasteiger partial charge in [-0.1, -0.05) is 36.4 Å². The molecule has 1 aliphatic rings. The van der Waals surface area contributed by atoms with Crippen LogP contribution in [0.2, 0.25) is 0 Å². The Balaban J connectivity index is 1.24. The summed E-state index contributed by atoms with van der Waals surface area (Å²) in [5, 5.41) is 3.71. The van der Waals surface area contributed by atoms with Crippen LogP contribution in [-0.2, 0) is 26.0 Å². The van der Waals surface area contributed by atoms with Crippen LogP contribution in [0.15, 0.2) is 104 Å². The number of rotatable bonds is 6. The molecule has 0 amide bonds. The zero-order valence-electron chi connectivity index (χ0n) is 23.9. The van der Waals surface area contributed by atoms with Gasteiger partial charge in [0.25, 0.3) is 20.2 Å². The van der Waals surface area contributed by atoms with E-state index in [4.69, 9.17) is 18.0 Å². The molecule has 0 atom stereocenters. The number of para-hydroxylation sites is 2. The second-order valence-electron chi connectivity index (χ2n) is 11.1. The molecule has 2 N–H and O–H groups in total. The summed E-state index contributed by atoms with van der Waals surface area (Å²) in [5.41, 5.74) is 3.81. The summed E-state index contributed by atoms with van der Waals surface area (Å²) >= 11 is 0. The number of hydrogen-bond acceptors (Lipinski definition) is 9. The van der Waals surface area contributed by atoms with Gasteiger partial charge in [-0.25, -0.2) is 0 Å². The third kappa shape index (κ3) is 4.90. The van der Waals surface area contributed by atoms with Crippen molar-refractivity contribution in [2.24, 2.45) is 0 Å². The fourth-order valence-corrected chi connectivity index (χ4v) is 7.25. The van der Waals surface area contributed by atoms with Gasteiger partial charge < -0.3 is 18.0 Å². The van der Waals surface area contributed by atoms with E-state index in [-0.39, 0.29) is 17.2 Å². The Morgan fingerprint density at radius 3 is 1.96 bits per heavy atom. The SMILES string of the molecule is CC(=C/c1oc2cc3c(cc2c1CS(=O)(=O)O)oc1ccccc13)/C=C1/Oc2cc3c(cc2N1CS(=O)(=O)O)oc1ccccc13. The Morgan fingerprint density at radius 2 is 1.30 bits per heavy atom. The molecular weight excluding hydrogens is 634 g/mol. The first-order valence-corrected chi connectivity index (χ1v) is 17.2. The second kappa shape index (κ2) is 9.96. The first kappa shape index (κ1) is 28.4. The lowest BCUT2D eigenvalue weighted by Crippen LogP contribution is -2.27. The zero-order valence-corrected chi connectivity index (χ0v) is 25.6. The van der Waals surface area contributed by atoms with E-state index in [9.17, 15) is 25.9 Å². The summed E-state index contributed by atoms with van der Waals surface area (Å²) in [6, 6.07) is 21.8. The van der Waals surface area contributed by atoms with Gasteiger partial charge in [0.2, 0.25) is 5.88 Å². The van der Waals surface area contributed by atoms with Crippen molar-refractivity contribution < 1.29 is 43.9 Å². The summed E-state index contributed by atoms with van der Waals surface area (Å²) in [4.78, 5) is 1.30. The van der Waals surface area contributed by atoms with Gasteiger partial charge in [-0.2, -0.15) is 16.8 Å². The van der Waals surface area contributed by atoms with Crippen LogP contribution in [0.1, 0.15) is 18.2 Å². The van der Waals surface area contributed by atoms with Gasteiger partial charge in [0.1, 0.15) is 39.4 Å². The number of nitrogens with zero attached hydrogens (tertiary/aromatic N) is 1. The van der Waals surface area contributed by atoms with E-state index in [1.807, 2.05) is 48.5 Å². The van der Waals surface area contributed by atoms with Gasteiger partial charge in [-0.15, -0.1) is 0 Å². The van der Waals surface area contributed by atoms with Gasteiger partial charge >= 0.3 is 0 Å². The normalized spacial score (nSPS) is 15.2. The molecule has 4 heterocycles. The van der Waals surface area contributed by atoms with Crippen molar-refractivity contribution in [3.63, 3.8) is 0 Å². The third-order valence-electron chi connectivity index (χ3n) is 7.88. The van der Waals surface area contributed by atoms with Crippen molar-refractivity contribution in [2.75, 3.05) is 10.8 Å². The summed E-state index contributed by atoms with van der Waals surface area (Å²) < 4.78 is 92.0. The number of fused-ring (bicyclic) bond motifs is 8. The lowest BCUT2D eigenvalue weighted by Gasteiger charge is -2.16. The highest BCUT2D eigenvalue weighted by Crippen LogP contribution is 2.45. The first-order valence-electron chi connectivity index (χ1n) is 14.0. The zero-order chi connectivity index (χ0) is 32.0. The molecule has 1 aliphatic heterocycles. The molecule has 0 saturated heterocycles. The molecular formula is C33H23NO10S2. The van der Waals surface area contributed by atoms with Crippen molar-refractivity contribution in [3.8, 4) is 5.75 Å². The Labute approximate surface area is 261 Å². The minimum absolute atomic E-state index is 0.0924. The van der Waals surface area contributed by atoms with E-state index in [1.54, 1.807) is 37.3 Å². The molecule has 0 radical (unpaired) electrons. The average molecular weight is 658 g/mol. The summed E-state index contributed by atoms with van der Waals surface area (Å²) in [6.45, 7) is 1.69. The van der Waals surface area contributed by atoms with Gasteiger partial charge in [0.15, 0.2) is 11.6 Å². The van der Waals surface area contributed by atoms with Gasteiger partial charge in [-0.05, 0) is 48.9 Å². The number of allylic oxidation sites excluding steroid dienone is 2. The van der Waals surface area contributed by atoms with Crippen LogP contribution in [0.25, 0.3) is 60.9 Å². The molecule has 7 aromatic rings. The maximum Gasteiger partial charge on any atom is 0.283 e. The number of benzene rings is 4. The minimum atomic E-state index is -4.50. The van der Waals surface area contributed by atoms with Crippen molar-refractivity contribution >= 4 is 86.8 Å². The van der Waals surface area contributed by atoms with Crippen LogP contribution in [0, 0.1) is 0 Å². The van der Waals surface area contributed by atoms with E-state index >= 15 is 0 Å². The molecule has 0 aliphatic carbocycles. The molecule has 232 valence electrons. The lowest BCUT2D eigenvalue weighted by atomic mass is 10.1. The molecule has 4 aromatic carbocycles. The Bertz CT molecular complexity index is 2690. The highest BCUT2D eigenvalue weighted by Gasteiger charge is 2.31. The fourth-order valence-electron chi connectivity index (χ4n) is 6.00. The topological polar surface area (TPSA) is 161 Å². The number of furan rings is 3. The predicted molar refractivity (Wildman–Crippen MR) is 174 cm³/mol. The Kier molecular flexibility index (Phi) is 6.15. The highest BCUT2D eigenvalue weighted by atomic mass is 32.2. The number of anilines is 1. The van der Waals surface area contributed by atoms with Gasteiger partial charge in [-0.3, -0.25) is 14.0 Å². The minimum Gasteiger partial charge on any atom is -0.456 e. The molecule has 8 rings (SSSR count). The number of ether oxygens (including phenoxy) is 1. The van der Waals surface area contributed by atoms with E-state index < -0.39 is 31.9 Å². The van der Waals surface area contributed by atoms with Crippen LogP contribution in [0.3, 0.4) is 0 Å². The molecule has 11 nitrogen and oxygen atoms in total. The standard InChI is InChI=1S/C33H23NO10S2/c1-18(10-28-24(16-45(35,36)37)23-13-29-21(12-30(23)43-28)19-6-2-4-8-26(19)41-29)11-33-34(17-46(38,39)40)25-15-31-22(14-32(25)44-33)20-7-3-5-9-27(20)42-31/h2-15H,16-17H2,1H3,(H,35,36,37)(H,38,39,40)/b18-10-,33-11+. The van der Waals surface area contributed by atoms with Crippen LogP contribution in [0.4, 0.5) is 5.69 Å². The largest absolute Gasteiger partial charge is 0.456 e. The van der Waals surface area contributed by atoms with Crippen molar-refractivity contribution in [3.05, 3.63) is 102 Å². The van der Waals surface area contributed by atoms with E-state index in [1.165, 1.54) is 11.0 Å². The monoisotopic (exact) mass is 657 g/mol.